The molecule has 35 heavy (non-hydrogen) atoms. The second kappa shape index (κ2) is 8.24. The van der Waals surface area contributed by atoms with Crippen molar-refractivity contribution in [3.63, 3.8) is 0 Å². The summed E-state index contributed by atoms with van der Waals surface area (Å²) in [7, 11) is 0. The van der Waals surface area contributed by atoms with Crippen LogP contribution in [0.25, 0.3) is 6.08 Å². The molecule has 0 radical (unpaired) electrons. The summed E-state index contributed by atoms with van der Waals surface area (Å²) < 4.78 is 7.43. The summed E-state index contributed by atoms with van der Waals surface area (Å²) in [5.74, 6) is -0.722. The molecule has 6 rings (SSSR count). The van der Waals surface area contributed by atoms with Crippen molar-refractivity contribution >= 4 is 50.4 Å². The number of carbonyl (C=O) groups is 1. The molecule has 3 aliphatic heterocycles. The van der Waals surface area contributed by atoms with Crippen molar-refractivity contribution in [2.75, 3.05) is 0 Å². The molecule has 10 heteroatoms. The van der Waals surface area contributed by atoms with Crippen molar-refractivity contribution < 1.29 is 14.5 Å². The van der Waals surface area contributed by atoms with Gasteiger partial charge in [0.25, 0.3) is 10.9 Å². The average molecular weight is 549 g/mol. The highest BCUT2D eigenvalue weighted by Gasteiger charge is 2.58. The number of hydrazone groups is 1. The predicted octanol–water partition coefficient (Wildman–Crippen LogP) is 6.05. The first-order valence-corrected chi connectivity index (χ1v) is 12.4. The molecule has 3 aliphatic rings. The van der Waals surface area contributed by atoms with Crippen molar-refractivity contribution in [3.05, 3.63) is 109 Å². The Morgan fingerprint density at radius 1 is 1.17 bits per heavy atom. The third kappa shape index (κ3) is 3.69. The van der Waals surface area contributed by atoms with Crippen molar-refractivity contribution in [1.82, 2.24) is 10.3 Å². The fourth-order valence-electron chi connectivity index (χ4n) is 4.57. The number of ether oxygens (including phenoxy) is 1. The van der Waals surface area contributed by atoms with E-state index in [-0.39, 0.29) is 17.0 Å². The number of amides is 1. The highest BCUT2D eigenvalue weighted by molar-refractivity contribution is 9.10. The van der Waals surface area contributed by atoms with E-state index in [1.807, 2.05) is 53.5 Å². The Hall–Kier alpha value is -3.63. The highest BCUT2D eigenvalue weighted by atomic mass is 79.9. The number of nitrogens with one attached hydrogen (secondary N) is 1. The Morgan fingerprint density at radius 3 is 2.80 bits per heavy atom. The summed E-state index contributed by atoms with van der Waals surface area (Å²) in [6.07, 6.45) is 2.37. The largest absolute Gasteiger partial charge is 0.444 e. The third-order valence-corrected chi connectivity index (χ3v) is 7.51. The predicted molar refractivity (Wildman–Crippen MR) is 137 cm³/mol. The van der Waals surface area contributed by atoms with E-state index >= 15 is 0 Å². The first kappa shape index (κ1) is 21.9. The number of hydrogen-bond donors (Lipinski definition) is 1. The fourth-order valence-corrected chi connectivity index (χ4v) is 5.86. The molecular weight excluding hydrogens is 532 g/mol. The Bertz CT molecular complexity index is 1440. The molecule has 0 aliphatic carbocycles. The Morgan fingerprint density at radius 2 is 2.00 bits per heavy atom. The zero-order valence-electron chi connectivity index (χ0n) is 18.1. The summed E-state index contributed by atoms with van der Waals surface area (Å²) in [6.45, 7) is 0. The molecule has 3 heterocycles. The normalized spacial score (nSPS) is 23.5. The van der Waals surface area contributed by atoms with Gasteiger partial charge < -0.3 is 4.74 Å². The molecule has 2 atom stereocenters. The van der Waals surface area contributed by atoms with Crippen LogP contribution in [0.1, 0.15) is 29.2 Å². The van der Waals surface area contributed by atoms with Crippen LogP contribution in [0.2, 0.25) is 0 Å². The number of hydrogen-bond acceptors (Lipinski definition) is 7. The number of nitro groups is 1. The van der Waals surface area contributed by atoms with Crippen molar-refractivity contribution in [2.24, 2.45) is 5.10 Å². The van der Waals surface area contributed by atoms with Crippen LogP contribution in [0.3, 0.4) is 0 Å². The van der Waals surface area contributed by atoms with E-state index in [4.69, 9.17) is 9.84 Å². The first-order chi connectivity index (χ1) is 16.9. The van der Waals surface area contributed by atoms with Crippen molar-refractivity contribution in [1.29, 1.82) is 0 Å². The minimum Gasteiger partial charge on any atom is -0.444 e. The van der Waals surface area contributed by atoms with E-state index in [1.165, 1.54) is 12.1 Å². The Balaban J connectivity index is 1.51. The zero-order valence-corrected chi connectivity index (χ0v) is 20.5. The molecule has 1 amide bonds. The van der Waals surface area contributed by atoms with Crippen LogP contribution in [-0.4, -0.2) is 26.7 Å². The van der Waals surface area contributed by atoms with Crippen molar-refractivity contribution in [3.8, 4) is 5.75 Å². The van der Waals surface area contributed by atoms with Crippen LogP contribution in [-0.2, 0) is 0 Å². The van der Waals surface area contributed by atoms with Gasteiger partial charge in [0.05, 0.1) is 21.6 Å². The summed E-state index contributed by atoms with van der Waals surface area (Å²) in [5.41, 5.74) is 3.40. The van der Waals surface area contributed by atoms with Crippen LogP contribution < -0.4 is 10.1 Å². The van der Waals surface area contributed by atoms with Gasteiger partial charge in [0.15, 0.2) is 0 Å². The molecule has 1 saturated heterocycles. The Labute approximate surface area is 212 Å². The summed E-state index contributed by atoms with van der Waals surface area (Å²) in [4.78, 5) is 24.1. The van der Waals surface area contributed by atoms with Gasteiger partial charge in [0, 0.05) is 28.6 Å². The minimum absolute atomic E-state index is 0.0288. The monoisotopic (exact) mass is 548 g/mol. The maximum absolute atomic E-state index is 12.7. The molecule has 2 unspecified atom stereocenters. The number of carbonyl (C=O) groups excluding carboxylic acids is 1. The number of nitrogens with zero attached hydrogens (tertiary/aromatic N) is 3. The van der Waals surface area contributed by atoms with Gasteiger partial charge in [-0.15, -0.1) is 0 Å². The number of thioether (sulfide) groups is 1. The first-order valence-electron chi connectivity index (χ1n) is 10.8. The quantitative estimate of drug-likeness (QED) is 0.316. The number of halogens is 1. The van der Waals surface area contributed by atoms with Gasteiger partial charge in [-0.1, -0.05) is 58.4 Å². The van der Waals surface area contributed by atoms with E-state index in [9.17, 15) is 14.9 Å². The lowest BCUT2D eigenvalue weighted by atomic mass is 9.95. The maximum atomic E-state index is 12.7. The molecule has 0 aromatic heterocycles. The summed E-state index contributed by atoms with van der Waals surface area (Å²) >= 11 is 4.55. The molecule has 1 spiro atoms. The van der Waals surface area contributed by atoms with Gasteiger partial charge in [-0.05, 0) is 47.2 Å². The van der Waals surface area contributed by atoms with Gasteiger partial charge in [0.1, 0.15) is 5.75 Å². The number of nitro benzene ring substituents is 1. The lowest BCUT2D eigenvalue weighted by Gasteiger charge is -2.45. The van der Waals surface area contributed by atoms with Gasteiger partial charge in [-0.3, -0.25) is 20.2 Å². The number of rotatable bonds is 3. The van der Waals surface area contributed by atoms with E-state index in [0.29, 0.717) is 22.6 Å². The minimum atomic E-state index is -1.37. The van der Waals surface area contributed by atoms with Gasteiger partial charge in [-0.2, -0.15) is 5.10 Å². The molecule has 174 valence electrons. The van der Waals surface area contributed by atoms with E-state index in [2.05, 4.69) is 21.2 Å². The van der Waals surface area contributed by atoms with Gasteiger partial charge >= 0.3 is 5.85 Å². The molecule has 3 aromatic rings. The van der Waals surface area contributed by atoms with Crippen LogP contribution in [0.4, 0.5) is 10.5 Å². The lowest BCUT2D eigenvalue weighted by molar-refractivity contribution is -0.384. The fraction of sp³-hybridized carbons (Fsp3) is 0.120. The molecule has 1 fully saturated rings. The number of benzene rings is 3. The van der Waals surface area contributed by atoms with Gasteiger partial charge in [0.2, 0.25) is 0 Å². The molecule has 3 aromatic carbocycles. The molecular formula is C25H17BrN4O4S. The average Bonchev–Trinajstić information content (AvgIpc) is 3.43. The molecule has 0 saturated carbocycles. The van der Waals surface area contributed by atoms with Crippen LogP contribution in [0, 0.1) is 10.1 Å². The second-order valence-corrected chi connectivity index (χ2v) is 10.2. The standard InChI is InChI=1S/C25H17BrN4O4S/c26-17-9-10-22-19(13-17)21-14-20(16-6-2-1-3-7-16)28-29(21)25(34-22)23(35-24(31)27-25)12-15-5-4-8-18(11-15)30(32)33/h1-13,21H,14H2,(H,27,31). The molecule has 1 N–H and O–H groups in total. The number of non-ortho nitro benzene ring substituents is 1. The molecule has 8 nitrogen and oxygen atoms in total. The van der Waals surface area contributed by atoms with Crippen molar-refractivity contribution in [2.45, 2.75) is 18.3 Å². The van der Waals surface area contributed by atoms with Crippen LogP contribution in [0.5, 0.6) is 5.75 Å². The lowest BCUT2D eigenvalue weighted by Crippen LogP contribution is -2.61. The maximum Gasteiger partial charge on any atom is 0.314 e. The van der Waals surface area contributed by atoms with E-state index in [0.717, 1.165) is 33.1 Å². The topological polar surface area (TPSA) is 97.1 Å². The Kier molecular flexibility index (Phi) is 5.15. The zero-order chi connectivity index (χ0) is 24.2. The summed E-state index contributed by atoms with van der Waals surface area (Å²) in [6, 6.07) is 21.8. The highest BCUT2D eigenvalue weighted by Crippen LogP contribution is 2.53. The van der Waals surface area contributed by atoms with Gasteiger partial charge in [-0.25, -0.2) is 5.01 Å². The molecule has 0 bridgehead atoms. The van der Waals surface area contributed by atoms with E-state index in [1.54, 1.807) is 18.2 Å². The second-order valence-electron chi connectivity index (χ2n) is 8.28. The third-order valence-electron chi connectivity index (χ3n) is 6.12. The number of fused-ring (bicyclic) bond motifs is 4. The van der Waals surface area contributed by atoms with Crippen LogP contribution >= 0.6 is 27.7 Å². The SMILES string of the molecule is O=C1NC2(Oc3ccc(Br)cc3C3CC(c4ccccc4)=NN32)C(=Cc2cccc([N+](=O)[O-])c2)S1. The summed E-state index contributed by atoms with van der Waals surface area (Å²) in [5, 5.41) is 20.7. The van der Waals surface area contributed by atoms with Crippen LogP contribution in [0.15, 0.2) is 87.3 Å². The van der Waals surface area contributed by atoms with E-state index < -0.39 is 10.8 Å². The smallest absolute Gasteiger partial charge is 0.314 e.